The van der Waals surface area contributed by atoms with Gasteiger partial charge < -0.3 is 15.0 Å². The number of likely N-dealkylation sites (tertiary alicyclic amines) is 1. The standard InChI is InChI=1S/C12H24N2O2/c1-9-7-14(8-10(9)2)6-5-11(13-3)12(15)16-4/h9-11,13H,5-8H2,1-4H3. The molecule has 0 aliphatic carbocycles. The number of carbonyl (C=O) groups excluding carboxylic acids is 1. The third kappa shape index (κ3) is 3.46. The zero-order valence-corrected chi connectivity index (χ0v) is 10.8. The van der Waals surface area contributed by atoms with E-state index in [0.717, 1.165) is 37.9 Å². The van der Waals surface area contributed by atoms with Crippen LogP contribution in [-0.4, -0.2) is 50.7 Å². The number of nitrogens with zero attached hydrogens (tertiary/aromatic N) is 1. The highest BCUT2D eigenvalue weighted by atomic mass is 16.5. The van der Waals surface area contributed by atoms with Crippen LogP contribution in [0.2, 0.25) is 0 Å². The highest BCUT2D eigenvalue weighted by Gasteiger charge is 2.27. The maximum atomic E-state index is 11.4. The SMILES string of the molecule is CNC(CCN1CC(C)C(C)C1)C(=O)OC. The van der Waals surface area contributed by atoms with Crippen LogP contribution in [0.25, 0.3) is 0 Å². The van der Waals surface area contributed by atoms with Crippen LogP contribution in [0, 0.1) is 11.8 Å². The van der Waals surface area contributed by atoms with Gasteiger partial charge in [-0.25, -0.2) is 0 Å². The highest BCUT2D eigenvalue weighted by molar-refractivity contribution is 5.75. The number of likely N-dealkylation sites (N-methyl/N-ethyl adjacent to an activating group) is 1. The summed E-state index contributed by atoms with van der Waals surface area (Å²) in [5.41, 5.74) is 0. The van der Waals surface area contributed by atoms with Gasteiger partial charge in [-0.05, 0) is 25.3 Å². The van der Waals surface area contributed by atoms with E-state index < -0.39 is 0 Å². The maximum Gasteiger partial charge on any atom is 0.322 e. The first kappa shape index (κ1) is 13.5. The number of nitrogens with one attached hydrogen (secondary N) is 1. The van der Waals surface area contributed by atoms with E-state index in [1.54, 1.807) is 7.05 Å². The molecule has 4 heteroatoms. The molecule has 0 bridgehead atoms. The molecule has 0 saturated carbocycles. The van der Waals surface area contributed by atoms with Gasteiger partial charge in [0.25, 0.3) is 0 Å². The van der Waals surface area contributed by atoms with E-state index in [0.29, 0.717) is 0 Å². The first-order chi connectivity index (χ1) is 7.58. The molecule has 0 aromatic heterocycles. The lowest BCUT2D eigenvalue weighted by Crippen LogP contribution is -2.38. The zero-order valence-electron chi connectivity index (χ0n) is 10.8. The highest BCUT2D eigenvalue weighted by Crippen LogP contribution is 2.22. The van der Waals surface area contributed by atoms with Crippen molar-refractivity contribution in [2.45, 2.75) is 26.3 Å². The Labute approximate surface area is 98.3 Å². The molecule has 1 N–H and O–H groups in total. The molecule has 1 saturated heterocycles. The molecule has 16 heavy (non-hydrogen) atoms. The van der Waals surface area contributed by atoms with Crippen LogP contribution in [0.5, 0.6) is 0 Å². The molecule has 1 fully saturated rings. The number of ether oxygens (including phenoxy) is 1. The molecule has 4 nitrogen and oxygen atoms in total. The zero-order chi connectivity index (χ0) is 12.1. The van der Waals surface area contributed by atoms with E-state index in [1.165, 1.54) is 7.11 Å². The summed E-state index contributed by atoms with van der Waals surface area (Å²) in [4.78, 5) is 13.8. The lowest BCUT2D eigenvalue weighted by molar-refractivity contribution is -0.143. The molecule has 1 rings (SSSR count). The third-order valence-electron chi connectivity index (χ3n) is 3.63. The molecule has 0 aromatic carbocycles. The van der Waals surface area contributed by atoms with Gasteiger partial charge in [0.05, 0.1) is 7.11 Å². The Hall–Kier alpha value is -0.610. The number of hydrogen-bond acceptors (Lipinski definition) is 4. The molecule has 94 valence electrons. The molecule has 0 amide bonds. The Morgan fingerprint density at radius 2 is 2.00 bits per heavy atom. The minimum Gasteiger partial charge on any atom is -0.468 e. The Bertz CT molecular complexity index is 223. The number of hydrogen-bond donors (Lipinski definition) is 1. The normalized spacial score (nSPS) is 28.0. The lowest BCUT2D eigenvalue weighted by Gasteiger charge is -2.19. The quantitative estimate of drug-likeness (QED) is 0.704. The molecule has 1 aliphatic heterocycles. The third-order valence-corrected chi connectivity index (χ3v) is 3.63. The molecular formula is C12H24N2O2. The summed E-state index contributed by atoms with van der Waals surface area (Å²) in [7, 11) is 3.24. The van der Waals surface area contributed by atoms with Crippen LogP contribution in [0.1, 0.15) is 20.3 Å². The van der Waals surface area contributed by atoms with Gasteiger partial charge in [-0.15, -0.1) is 0 Å². The lowest BCUT2D eigenvalue weighted by atomic mass is 10.0. The second-order valence-corrected chi connectivity index (χ2v) is 4.87. The van der Waals surface area contributed by atoms with Gasteiger partial charge in [-0.3, -0.25) is 4.79 Å². The Morgan fingerprint density at radius 1 is 1.44 bits per heavy atom. The number of methoxy groups -OCH3 is 1. The number of carbonyl (C=O) groups is 1. The van der Waals surface area contributed by atoms with Gasteiger partial charge in [0, 0.05) is 19.6 Å². The minimum absolute atomic E-state index is 0.164. The van der Waals surface area contributed by atoms with Gasteiger partial charge in [-0.1, -0.05) is 13.8 Å². The van der Waals surface area contributed by atoms with E-state index in [2.05, 4.69) is 24.1 Å². The summed E-state index contributed by atoms with van der Waals surface area (Å²) in [6.07, 6.45) is 0.822. The van der Waals surface area contributed by atoms with Crippen molar-refractivity contribution in [1.29, 1.82) is 0 Å². The predicted molar refractivity (Wildman–Crippen MR) is 64.2 cm³/mol. The summed E-state index contributed by atoms with van der Waals surface area (Å²) in [5.74, 6) is 1.38. The predicted octanol–water partition coefficient (Wildman–Crippen LogP) is 0.725. The fraction of sp³-hybridized carbons (Fsp3) is 0.917. The second kappa shape index (κ2) is 6.21. The maximum absolute atomic E-state index is 11.4. The number of esters is 1. The van der Waals surface area contributed by atoms with Crippen LogP contribution >= 0.6 is 0 Å². The van der Waals surface area contributed by atoms with E-state index in [4.69, 9.17) is 4.74 Å². The van der Waals surface area contributed by atoms with Crippen LogP contribution < -0.4 is 5.32 Å². The smallest absolute Gasteiger partial charge is 0.322 e. The monoisotopic (exact) mass is 228 g/mol. The Kier molecular flexibility index (Phi) is 5.22. The molecule has 3 unspecified atom stereocenters. The van der Waals surface area contributed by atoms with Crippen LogP contribution in [0.15, 0.2) is 0 Å². The van der Waals surface area contributed by atoms with E-state index in [9.17, 15) is 4.79 Å². The Balaban J connectivity index is 2.31. The minimum atomic E-state index is -0.170. The molecule has 0 aromatic rings. The summed E-state index contributed by atoms with van der Waals surface area (Å²) >= 11 is 0. The summed E-state index contributed by atoms with van der Waals surface area (Å²) in [6.45, 7) is 7.86. The van der Waals surface area contributed by atoms with Gasteiger partial charge in [-0.2, -0.15) is 0 Å². The first-order valence-corrected chi connectivity index (χ1v) is 6.06. The number of rotatable bonds is 5. The Morgan fingerprint density at radius 3 is 2.44 bits per heavy atom. The summed E-state index contributed by atoms with van der Waals surface area (Å²) < 4.78 is 4.74. The molecule has 0 radical (unpaired) electrons. The second-order valence-electron chi connectivity index (χ2n) is 4.87. The van der Waals surface area contributed by atoms with Crippen molar-refractivity contribution in [3.63, 3.8) is 0 Å². The van der Waals surface area contributed by atoms with Crippen molar-refractivity contribution < 1.29 is 9.53 Å². The average Bonchev–Trinajstić information content (AvgIpc) is 2.59. The van der Waals surface area contributed by atoms with Crippen LogP contribution in [0.4, 0.5) is 0 Å². The summed E-state index contributed by atoms with van der Waals surface area (Å²) in [6, 6.07) is -0.170. The van der Waals surface area contributed by atoms with Crippen molar-refractivity contribution in [3.05, 3.63) is 0 Å². The molecule has 3 atom stereocenters. The van der Waals surface area contributed by atoms with Crippen molar-refractivity contribution in [1.82, 2.24) is 10.2 Å². The van der Waals surface area contributed by atoms with E-state index in [-0.39, 0.29) is 12.0 Å². The topological polar surface area (TPSA) is 41.6 Å². The van der Waals surface area contributed by atoms with Crippen LogP contribution in [-0.2, 0) is 9.53 Å². The van der Waals surface area contributed by atoms with Crippen molar-refractivity contribution in [3.8, 4) is 0 Å². The first-order valence-electron chi connectivity index (χ1n) is 6.06. The molecule has 0 spiro atoms. The molecule has 1 heterocycles. The fourth-order valence-corrected chi connectivity index (χ4v) is 2.27. The van der Waals surface area contributed by atoms with Gasteiger partial charge >= 0.3 is 5.97 Å². The molecule has 1 aliphatic rings. The van der Waals surface area contributed by atoms with E-state index in [1.807, 2.05) is 0 Å². The molecular weight excluding hydrogens is 204 g/mol. The average molecular weight is 228 g/mol. The largest absolute Gasteiger partial charge is 0.468 e. The van der Waals surface area contributed by atoms with Gasteiger partial charge in [0.2, 0.25) is 0 Å². The van der Waals surface area contributed by atoms with E-state index >= 15 is 0 Å². The van der Waals surface area contributed by atoms with Gasteiger partial charge in [0.1, 0.15) is 6.04 Å². The van der Waals surface area contributed by atoms with Crippen molar-refractivity contribution in [2.75, 3.05) is 33.8 Å². The van der Waals surface area contributed by atoms with Crippen molar-refractivity contribution >= 4 is 5.97 Å². The van der Waals surface area contributed by atoms with Crippen molar-refractivity contribution in [2.24, 2.45) is 11.8 Å². The van der Waals surface area contributed by atoms with Gasteiger partial charge in [0.15, 0.2) is 0 Å². The fourth-order valence-electron chi connectivity index (χ4n) is 2.27. The summed E-state index contributed by atoms with van der Waals surface area (Å²) in [5, 5.41) is 3.00. The van der Waals surface area contributed by atoms with Crippen LogP contribution in [0.3, 0.4) is 0 Å².